The van der Waals surface area contributed by atoms with Crippen LogP contribution in [-0.2, 0) is 14.3 Å². The molecule has 0 radical (unpaired) electrons. The predicted octanol–water partition coefficient (Wildman–Crippen LogP) is 1.98. The van der Waals surface area contributed by atoms with Crippen LogP contribution in [0.2, 0.25) is 0 Å². The van der Waals surface area contributed by atoms with Crippen molar-refractivity contribution in [3.8, 4) is 0 Å². The van der Waals surface area contributed by atoms with Crippen molar-refractivity contribution in [2.75, 3.05) is 59.0 Å². The van der Waals surface area contributed by atoms with Crippen molar-refractivity contribution >= 4 is 17.9 Å². The molecule has 3 heterocycles. The van der Waals surface area contributed by atoms with Gasteiger partial charge >= 0.3 is 12.0 Å². The monoisotopic (exact) mass is 497 g/mol. The minimum Gasteiger partial charge on any atom is -0.463 e. The zero-order chi connectivity index (χ0) is 25.7. The molecule has 0 bridgehead atoms. The number of carbonyl (C=O) groups is 3. The van der Waals surface area contributed by atoms with Crippen molar-refractivity contribution in [1.82, 2.24) is 25.3 Å². The van der Waals surface area contributed by atoms with Crippen molar-refractivity contribution in [1.29, 1.82) is 0 Å². The number of esters is 1. The Kier molecular flexibility index (Phi) is 8.64. The van der Waals surface area contributed by atoms with Crippen molar-refractivity contribution in [2.45, 2.75) is 33.2 Å². The molecule has 9 nitrogen and oxygen atoms in total. The molecule has 0 spiro atoms. The van der Waals surface area contributed by atoms with Gasteiger partial charge in [-0.25, -0.2) is 9.59 Å². The van der Waals surface area contributed by atoms with E-state index in [9.17, 15) is 14.4 Å². The average Bonchev–Trinajstić information content (AvgIpc) is 2.85. The first-order valence-electron chi connectivity index (χ1n) is 13.1. The molecule has 0 saturated carbocycles. The highest BCUT2D eigenvalue weighted by molar-refractivity contribution is 5.95. The van der Waals surface area contributed by atoms with Crippen molar-refractivity contribution in [3.63, 3.8) is 0 Å². The lowest BCUT2D eigenvalue weighted by atomic mass is 9.92. The lowest BCUT2D eigenvalue weighted by Gasteiger charge is -2.39. The van der Waals surface area contributed by atoms with Crippen LogP contribution in [0.4, 0.5) is 4.79 Å². The molecule has 2 N–H and O–H groups in total. The van der Waals surface area contributed by atoms with Crippen molar-refractivity contribution in [2.24, 2.45) is 11.8 Å². The van der Waals surface area contributed by atoms with Gasteiger partial charge in [0.25, 0.3) is 0 Å². The molecule has 2 saturated heterocycles. The Bertz CT molecular complexity index is 964. The molecule has 3 aliphatic heterocycles. The zero-order valence-electron chi connectivity index (χ0n) is 21.7. The molecule has 0 aliphatic carbocycles. The first-order valence-corrected chi connectivity index (χ1v) is 13.1. The Balaban J connectivity index is 1.41. The van der Waals surface area contributed by atoms with Crippen LogP contribution in [0, 0.1) is 11.8 Å². The van der Waals surface area contributed by atoms with Gasteiger partial charge in [-0.05, 0) is 30.7 Å². The van der Waals surface area contributed by atoms with Crippen LogP contribution in [0.25, 0.3) is 0 Å². The summed E-state index contributed by atoms with van der Waals surface area (Å²) in [6, 6.07) is 8.57. The van der Waals surface area contributed by atoms with E-state index in [1.165, 1.54) is 6.42 Å². The fourth-order valence-corrected chi connectivity index (χ4v) is 5.58. The van der Waals surface area contributed by atoms with E-state index in [-0.39, 0.29) is 18.5 Å². The van der Waals surface area contributed by atoms with Gasteiger partial charge in [-0.15, -0.1) is 0 Å². The number of nitrogens with one attached hydrogen (secondary N) is 2. The van der Waals surface area contributed by atoms with Gasteiger partial charge in [0.2, 0.25) is 5.91 Å². The van der Waals surface area contributed by atoms with Gasteiger partial charge in [-0.3, -0.25) is 14.6 Å². The van der Waals surface area contributed by atoms with Crippen LogP contribution >= 0.6 is 0 Å². The fraction of sp³-hybridized carbons (Fsp3) is 0.593. The summed E-state index contributed by atoms with van der Waals surface area (Å²) in [7, 11) is 0. The van der Waals surface area contributed by atoms with Gasteiger partial charge < -0.3 is 20.3 Å². The molecule has 2 fully saturated rings. The van der Waals surface area contributed by atoms with Crippen LogP contribution in [-0.4, -0.2) is 91.6 Å². The molecule has 0 aromatic heterocycles. The molecular weight excluding hydrogens is 458 g/mol. The third-order valence-electron chi connectivity index (χ3n) is 7.21. The summed E-state index contributed by atoms with van der Waals surface area (Å²) < 4.78 is 5.36. The minimum atomic E-state index is -0.567. The molecule has 3 aliphatic rings. The summed E-state index contributed by atoms with van der Waals surface area (Å²) in [5, 5.41) is 5.74. The lowest BCUT2D eigenvalue weighted by molar-refractivity contribution is -0.139. The van der Waals surface area contributed by atoms with E-state index in [1.807, 2.05) is 35.2 Å². The number of amides is 3. The second-order valence-electron chi connectivity index (χ2n) is 10.4. The van der Waals surface area contributed by atoms with E-state index >= 15 is 0 Å². The normalized spacial score (nSPS) is 25.8. The minimum absolute atomic E-state index is 0.213. The number of piperazine rings is 1. The Labute approximate surface area is 213 Å². The van der Waals surface area contributed by atoms with E-state index in [0.717, 1.165) is 44.8 Å². The van der Waals surface area contributed by atoms with Crippen LogP contribution in [0.5, 0.6) is 0 Å². The number of rotatable bonds is 7. The maximum Gasteiger partial charge on any atom is 0.338 e. The van der Waals surface area contributed by atoms with Crippen LogP contribution in [0.3, 0.4) is 0 Å². The SMILES string of the molecule is CCOC(=O)C1=C(CN2CCN(CC(=O)N3CC(C)CC(C)C3)CC2)NC(=O)NC1c1ccccc1. The molecule has 9 heteroatoms. The van der Waals surface area contributed by atoms with Crippen molar-refractivity contribution < 1.29 is 19.1 Å². The molecule has 196 valence electrons. The Morgan fingerprint density at radius 2 is 1.64 bits per heavy atom. The Morgan fingerprint density at radius 3 is 2.28 bits per heavy atom. The Hall–Kier alpha value is -2.91. The molecule has 1 aromatic rings. The summed E-state index contributed by atoms with van der Waals surface area (Å²) in [4.78, 5) is 44.8. The number of piperidine rings is 1. The first kappa shape index (κ1) is 26.2. The number of hydrogen-bond donors (Lipinski definition) is 2. The number of nitrogens with zero attached hydrogens (tertiary/aromatic N) is 3. The molecule has 3 unspecified atom stereocenters. The summed E-state index contributed by atoms with van der Waals surface area (Å²) >= 11 is 0. The second kappa shape index (κ2) is 11.9. The summed E-state index contributed by atoms with van der Waals surface area (Å²) in [5.74, 6) is 0.890. The number of ether oxygens (including phenoxy) is 1. The van der Waals surface area contributed by atoms with E-state index in [4.69, 9.17) is 4.74 Å². The van der Waals surface area contributed by atoms with Crippen molar-refractivity contribution in [3.05, 3.63) is 47.2 Å². The topological polar surface area (TPSA) is 94.2 Å². The quantitative estimate of drug-likeness (QED) is 0.560. The van der Waals surface area contributed by atoms with E-state index in [2.05, 4.69) is 34.3 Å². The molecule has 3 amide bonds. The molecule has 36 heavy (non-hydrogen) atoms. The van der Waals surface area contributed by atoms with Crippen LogP contribution in [0.1, 0.15) is 38.8 Å². The van der Waals surface area contributed by atoms with Gasteiger partial charge in [-0.2, -0.15) is 0 Å². The maximum absolute atomic E-state index is 13.0. The smallest absolute Gasteiger partial charge is 0.338 e. The van der Waals surface area contributed by atoms with E-state index < -0.39 is 12.0 Å². The number of carbonyl (C=O) groups excluding carboxylic acids is 3. The highest BCUT2D eigenvalue weighted by atomic mass is 16.5. The van der Waals surface area contributed by atoms with E-state index in [1.54, 1.807) is 6.92 Å². The van der Waals surface area contributed by atoms with Crippen LogP contribution in [0.15, 0.2) is 41.6 Å². The molecule has 4 rings (SSSR count). The number of hydrogen-bond acceptors (Lipinski definition) is 6. The summed E-state index contributed by atoms with van der Waals surface area (Å²) in [6.45, 7) is 12.1. The summed E-state index contributed by atoms with van der Waals surface area (Å²) in [6.07, 6.45) is 1.18. The number of likely N-dealkylation sites (tertiary alicyclic amines) is 1. The van der Waals surface area contributed by atoms with Gasteiger partial charge in [-0.1, -0.05) is 44.2 Å². The third-order valence-corrected chi connectivity index (χ3v) is 7.21. The standard InChI is InChI=1S/C27H39N5O4/c1-4-36-26(34)24-22(28-27(35)29-25(24)21-8-6-5-7-9-21)17-30-10-12-31(13-11-30)18-23(33)32-15-19(2)14-20(3)16-32/h5-9,19-20,25H,4,10-18H2,1-3H3,(H2,28,29,35). The second-order valence-corrected chi connectivity index (χ2v) is 10.4. The first-order chi connectivity index (χ1) is 17.3. The highest BCUT2D eigenvalue weighted by Crippen LogP contribution is 2.28. The molecular formula is C27H39N5O4. The molecule has 3 atom stereocenters. The average molecular weight is 498 g/mol. The fourth-order valence-electron chi connectivity index (χ4n) is 5.58. The predicted molar refractivity (Wildman–Crippen MR) is 137 cm³/mol. The van der Waals surface area contributed by atoms with E-state index in [0.29, 0.717) is 36.2 Å². The maximum atomic E-state index is 13.0. The van der Waals surface area contributed by atoms with Crippen LogP contribution < -0.4 is 10.6 Å². The summed E-state index contributed by atoms with van der Waals surface area (Å²) in [5.41, 5.74) is 1.85. The van der Waals surface area contributed by atoms with Gasteiger partial charge in [0.1, 0.15) is 0 Å². The van der Waals surface area contributed by atoms with Gasteiger partial charge in [0.05, 0.1) is 24.8 Å². The zero-order valence-corrected chi connectivity index (χ0v) is 21.7. The largest absolute Gasteiger partial charge is 0.463 e. The Morgan fingerprint density at radius 1 is 1.00 bits per heavy atom. The third kappa shape index (κ3) is 6.44. The molecule has 1 aromatic carbocycles. The van der Waals surface area contributed by atoms with Gasteiger partial charge in [0.15, 0.2) is 0 Å². The lowest BCUT2D eigenvalue weighted by Crippen LogP contribution is -2.53. The number of benzene rings is 1. The van der Waals surface area contributed by atoms with Gasteiger partial charge in [0, 0.05) is 51.5 Å². The number of urea groups is 1. The highest BCUT2D eigenvalue weighted by Gasteiger charge is 2.35.